The minimum absolute atomic E-state index is 0.0510. The molecule has 156 valence electrons. The minimum Gasteiger partial charge on any atom is -0.492 e. The summed E-state index contributed by atoms with van der Waals surface area (Å²) >= 11 is 0. The van der Waals surface area contributed by atoms with Gasteiger partial charge in [0.1, 0.15) is 12.4 Å². The van der Waals surface area contributed by atoms with Crippen LogP contribution >= 0.6 is 0 Å². The Morgan fingerprint density at radius 2 is 1.62 bits per heavy atom. The van der Waals surface area contributed by atoms with E-state index in [4.69, 9.17) is 4.74 Å². The van der Waals surface area contributed by atoms with E-state index in [2.05, 4.69) is 12.2 Å². The lowest BCUT2D eigenvalue weighted by atomic mass is 10.1. The van der Waals surface area contributed by atoms with Crippen LogP contribution in [0, 0.1) is 0 Å². The summed E-state index contributed by atoms with van der Waals surface area (Å²) in [6.45, 7) is 3.98. The van der Waals surface area contributed by atoms with Crippen LogP contribution < -0.4 is 10.1 Å². The fourth-order valence-corrected chi connectivity index (χ4v) is 4.80. The lowest BCUT2D eigenvalue weighted by molar-refractivity contribution is -0.120. The van der Waals surface area contributed by atoms with Crippen LogP contribution in [-0.4, -0.2) is 44.9 Å². The monoisotopic (exact) mass is 416 g/mol. The van der Waals surface area contributed by atoms with Crippen molar-refractivity contribution in [1.29, 1.82) is 0 Å². The summed E-state index contributed by atoms with van der Waals surface area (Å²) in [6, 6.07) is 14.5. The Kier molecular flexibility index (Phi) is 7.28. The van der Waals surface area contributed by atoms with Gasteiger partial charge < -0.3 is 10.1 Å². The standard InChI is InChI=1S/C22H28N2O4S/c1-2-18-5-7-19(8-6-18)17-22(25)23-13-16-28-20-9-11-21(12-10-20)29(26,27)24-14-3-4-15-24/h5-12H,2-4,13-17H2,1H3,(H,23,25). The third-order valence-electron chi connectivity index (χ3n) is 5.02. The molecule has 1 aliphatic rings. The molecule has 0 unspecified atom stereocenters. The topological polar surface area (TPSA) is 75.7 Å². The minimum atomic E-state index is -3.41. The predicted molar refractivity (Wildman–Crippen MR) is 112 cm³/mol. The smallest absolute Gasteiger partial charge is 0.243 e. The molecule has 0 aromatic heterocycles. The van der Waals surface area contributed by atoms with Gasteiger partial charge in [-0.2, -0.15) is 4.31 Å². The van der Waals surface area contributed by atoms with E-state index < -0.39 is 10.0 Å². The van der Waals surface area contributed by atoms with Crippen molar-refractivity contribution in [1.82, 2.24) is 9.62 Å². The van der Waals surface area contributed by atoms with Crippen molar-refractivity contribution in [2.45, 2.75) is 37.5 Å². The highest BCUT2D eigenvalue weighted by atomic mass is 32.2. The maximum absolute atomic E-state index is 12.5. The van der Waals surface area contributed by atoms with Gasteiger partial charge in [0.25, 0.3) is 0 Å². The summed E-state index contributed by atoms with van der Waals surface area (Å²) in [5.41, 5.74) is 2.23. The van der Waals surface area contributed by atoms with E-state index in [1.807, 2.05) is 24.3 Å². The van der Waals surface area contributed by atoms with Crippen LogP contribution in [0.1, 0.15) is 30.9 Å². The first-order valence-corrected chi connectivity index (χ1v) is 11.5. The highest BCUT2D eigenvalue weighted by Gasteiger charge is 2.26. The number of carbonyl (C=O) groups is 1. The molecule has 1 amide bonds. The third-order valence-corrected chi connectivity index (χ3v) is 6.93. The number of amides is 1. The van der Waals surface area contributed by atoms with Gasteiger partial charge in [-0.1, -0.05) is 31.2 Å². The molecule has 3 rings (SSSR count). The molecule has 7 heteroatoms. The molecule has 1 heterocycles. The number of carbonyl (C=O) groups excluding carboxylic acids is 1. The summed E-state index contributed by atoms with van der Waals surface area (Å²) in [5, 5.41) is 2.84. The zero-order valence-corrected chi connectivity index (χ0v) is 17.6. The number of rotatable bonds is 9. The first kappa shape index (κ1) is 21.3. The quantitative estimate of drug-likeness (QED) is 0.638. The van der Waals surface area contributed by atoms with E-state index in [1.165, 1.54) is 9.87 Å². The molecule has 1 fully saturated rings. The molecule has 1 aliphatic heterocycles. The number of hydrogen-bond acceptors (Lipinski definition) is 4. The van der Waals surface area contributed by atoms with Crippen molar-refractivity contribution in [2.24, 2.45) is 0 Å². The average molecular weight is 417 g/mol. The van der Waals surface area contributed by atoms with Crippen LogP contribution in [-0.2, 0) is 27.7 Å². The van der Waals surface area contributed by atoms with Crippen molar-refractivity contribution < 1.29 is 17.9 Å². The van der Waals surface area contributed by atoms with Crippen LogP contribution in [0.15, 0.2) is 53.4 Å². The van der Waals surface area contributed by atoms with Gasteiger partial charge in [0.05, 0.1) is 17.9 Å². The van der Waals surface area contributed by atoms with Crippen LogP contribution in [0.25, 0.3) is 0 Å². The molecular weight excluding hydrogens is 388 g/mol. The number of aryl methyl sites for hydroxylation is 1. The Morgan fingerprint density at radius 3 is 2.24 bits per heavy atom. The average Bonchev–Trinajstić information content (AvgIpc) is 3.28. The molecule has 0 spiro atoms. The Balaban J connectivity index is 1.41. The molecule has 6 nitrogen and oxygen atoms in total. The molecule has 0 radical (unpaired) electrons. The highest BCUT2D eigenvalue weighted by Crippen LogP contribution is 2.22. The summed E-state index contributed by atoms with van der Waals surface area (Å²) < 4.78 is 32.1. The summed E-state index contributed by atoms with van der Waals surface area (Å²) in [5.74, 6) is 0.527. The number of sulfonamides is 1. The van der Waals surface area contributed by atoms with E-state index in [0.29, 0.717) is 38.4 Å². The van der Waals surface area contributed by atoms with Crippen LogP contribution in [0.3, 0.4) is 0 Å². The lowest BCUT2D eigenvalue weighted by Gasteiger charge is -2.15. The van der Waals surface area contributed by atoms with Crippen molar-refractivity contribution in [2.75, 3.05) is 26.2 Å². The second-order valence-corrected chi connectivity index (χ2v) is 9.07. The maximum Gasteiger partial charge on any atom is 0.243 e. The number of ether oxygens (including phenoxy) is 1. The summed E-state index contributed by atoms with van der Waals surface area (Å²) in [6.07, 6.45) is 3.15. The number of nitrogens with zero attached hydrogens (tertiary/aromatic N) is 1. The van der Waals surface area contributed by atoms with E-state index >= 15 is 0 Å². The molecule has 0 atom stereocenters. The first-order valence-electron chi connectivity index (χ1n) is 10.1. The van der Waals surface area contributed by atoms with Gasteiger partial charge in [0, 0.05) is 13.1 Å². The Morgan fingerprint density at radius 1 is 1.00 bits per heavy atom. The van der Waals surface area contributed by atoms with Crippen molar-refractivity contribution >= 4 is 15.9 Å². The van der Waals surface area contributed by atoms with Crippen LogP contribution in [0.2, 0.25) is 0 Å². The number of hydrogen-bond donors (Lipinski definition) is 1. The van der Waals surface area contributed by atoms with Gasteiger partial charge in [0.15, 0.2) is 0 Å². The SMILES string of the molecule is CCc1ccc(CC(=O)NCCOc2ccc(S(=O)(=O)N3CCCC3)cc2)cc1. The zero-order valence-electron chi connectivity index (χ0n) is 16.8. The van der Waals surface area contributed by atoms with Gasteiger partial charge >= 0.3 is 0 Å². The second kappa shape index (κ2) is 9.89. The second-order valence-electron chi connectivity index (χ2n) is 7.13. The third kappa shape index (κ3) is 5.81. The summed E-state index contributed by atoms with van der Waals surface area (Å²) in [4.78, 5) is 12.3. The predicted octanol–water partition coefficient (Wildman–Crippen LogP) is 2.77. The first-order chi connectivity index (χ1) is 14.0. The normalized spacial score (nSPS) is 14.7. The van der Waals surface area contributed by atoms with E-state index in [-0.39, 0.29) is 10.8 Å². The molecule has 2 aromatic carbocycles. The lowest BCUT2D eigenvalue weighted by Crippen LogP contribution is -2.29. The maximum atomic E-state index is 12.5. The van der Waals surface area contributed by atoms with Crippen LogP contribution in [0.4, 0.5) is 0 Å². The van der Waals surface area contributed by atoms with Gasteiger partial charge in [-0.05, 0) is 54.7 Å². The van der Waals surface area contributed by atoms with Gasteiger partial charge in [-0.3, -0.25) is 4.79 Å². The zero-order chi connectivity index (χ0) is 20.7. The number of nitrogens with one attached hydrogen (secondary N) is 1. The molecule has 0 bridgehead atoms. The molecule has 29 heavy (non-hydrogen) atoms. The van der Waals surface area contributed by atoms with E-state index in [1.54, 1.807) is 24.3 Å². The van der Waals surface area contributed by atoms with Crippen molar-refractivity contribution in [3.05, 3.63) is 59.7 Å². The van der Waals surface area contributed by atoms with Crippen molar-refractivity contribution in [3.8, 4) is 5.75 Å². The molecule has 2 aromatic rings. The Labute approximate surface area is 172 Å². The highest BCUT2D eigenvalue weighted by molar-refractivity contribution is 7.89. The Hall–Kier alpha value is -2.38. The molecule has 0 saturated carbocycles. The van der Waals surface area contributed by atoms with Crippen LogP contribution in [0.5, 0.6) is 5.75 Å². The fraction of sp³-hybridized carbons (Fsp3) is 0.409. The largest absolute Gasteiger partial charge is 0.492 e. The van der Waals surface area contributed by atoms with Gasteiger partial charge in [-0.15, -0.1) is 0 Å². The van der Waals surface area contributed by atoms with E-state index in [0.717, 1.165) is 24.8 Å². The van der Waals surface area contributed by atoms with Crippen molar-refractivity contribution in [3.63, 3.8) is 0 Å². The van der Waals surface area contributed by atoms with E-state index in [9.17, 15) is 13.2 Å². The summed E-state index contributed by atoms with van der Waals surface area (Å²) in [7, 11) is -3.41. The fourth-order valence-electron chi connectivity index (χ4n) is 3.29. The number of benzene rings is 2. The molecular formula is C22H28N2O4S. The van der Waals surface area contributed by atoms with Gasteiger partial charge in [-0.25, -0.2) is 8.42 Å². The molecule has 1 N–H and O–H groups in total. The molecule has 0 aliphatic carbocycles. The molecule has 1 saturated heterocycles. The van der Waals surface area contributed by atoms with Gasteiger partial charge in [0.2, 0.25) is 15.9 Å². The Bertz CT molecular complexity index is 903.